The molecule has 1 aromatic heterocycles. The van der Waals surface area contributed by atoms with Gasteiger partial charge in [0.25, 0.3) is 0 Å². The summed E-state index contributed by atoms with van der Waals surface area (Å²) in [6.07, 6.45) is 7.14. The molecular formula is C20H27NO3S. The lowest BCUT2D eigenvalue weighted by Crippen LogP contribution is -2.58. The summed E-state index contributed by atoms with van der Waals surface area (Å²) in [5.74, 6) is 2.11. The number of nitrogens with one attached hydrogen (secondary N) is 1. The second kappa shape index (κ2) is 6.11. The summed E-state index contributed by atoms with van der Waals surface area (Å²) in [5, 5.41) is 5.06. The number of hydrogen-bond donors (Lipinski definition) is 1. The average molecular weight is 362 g/mol. The van der Waals surface area contributed by atoms with E-state index in [1.807, 2.05) is 25.3 Å². The van der Waals surface area contributed by atoms with E-state index in [0.29, 0.717) is 4.88 Å². The van der Waals surface area contributed by atoms with Crippen molar-refractivity contribution in [2.24, 2.45) is 23.2 Å². The number of rotatable bonds is 5. The third-order valence-electron chi connectivity index (χ3n) is 6.26. The van der Waals surface area contributed by atoms with E-state index in [0.717, 1.165) is 37.0 Å². The zero-order valence-electron chi connectivity index (χ0n) is 15.0. The molecule has 4 fully saturated rings. The van der Waals surface area contributed by atoms with Gasteiger partial charge in [0.2, 0.25) is 5.91 Å². The molecule has 5 rings (SSSR count). The maximum atomic E-state index is 13.1. The molecule has 0 radical (unpaired) electrons. The highest BCUT2D eigenvalue weighted by molar-refractivity contribution is 7.11. The molecule has 4 aliphatic carbocycles. The molecule has 4 saturated carbocycles. The second-order valence-electron chi connectivity index (χ2n) is 9.09. The highest BCUT2D eigenvalue weighted by Gasteiger charge is 2.55. The van der Waals surface area contributed by atoms with Gasteiger partial charge in [-0.1, -0.05) is 6.07 Å². The molecule has 1 aromatic rings. The van der Waals surface area contributed by atoms with Crippen LogP contribution in [0, 0.1) is 23.2 Å². The number of esters is 1. The molecule has 0 aromatic carbocycles. The molecule has 4 aliphatic rings. The molecule has 4 nitrogen and oxygen atoms in total. The van der Waals surface area contributed by atoms with Crippen LogP contribution in [0.15, 0.2) is 17.5 Å². The zero-order chi connectivity index (χ0) is 17.7. The van der Waals surface area contributed by atoms with Crippen LogP contribution in [0.3, 0.4) is 0 Å². The predicted molar refractivity (Wildman–Crippen MR) is 97.4 cm³/mol. The van der Waals surface area contributed by atoms with E-state index in [4.69, 9.17) is 4.74 Å². The molecule has 5 heteroatoms. The number of carbonyl (C=O) groups is 2. The smallest absolute Gasteiger partial charge is 0.348 e. The first-order valence-electron chi connectivity index (χ1n) is 9.38. The van der Waals surface area contributed by atoms with Crippen molar-refractivity contribution in [3.8, 4) is 0 Å². The third-order valence-corrected chi connectivity index (χ3v) is 7.11. The lowest BCUT2D eigenvalue weighted by molar-refractivity contribution is -0.148. The van der Waals surface area contributed by atoms with Gasteiger partial charge in [0, 0.05) is 5.41 Å². The Bertz CT molecular complexity index is 629. The van der Waals surface area contributed by atoms with Gasteiger partial charge in [0.15, 0.2) is 0 Å². The molecule has 1 amide bonds. The summed E-state index contributed by atoms with van der Waals surface area (Å²) in [5.41, 5.74) is -0.711. The third kappa shape index (κ3) is 3.35. The van der Waals surface area contributed by atoms with Crippen LogP contribution in [-0.4, -0.2) is 24.0 Å². The molecule has 0 spiro atoms. The van der Waals surface area contributed by atoms with E-state index < -0.39 is 5.54 Å². The summed E-state index contributed by atoms with van der Waals surface area (Å²) < 4.78 is 5.43. The minimum atomic E-state index is -0.548. The normalized spacial score (nSPS) is 33.3. The number of amides is 1. The van der Waals surface area contributed by atoms with Crippen molar-refractivity contribution >= 4 is 23.2 Å². The number of carbonyl (C=O) groups excluding carboxylic acids is 2. The zero-order valence-corrected chi connectivity index (χ0v) is 15.9. The van der Waals surface area contributed by atoms with Gasteiger partial charge in [0.1, 0.15) is 11.5 Å². The Morgan fingerprint density at radius 2 is 1.80 bits per heavy atom. The van der Waals surface area contributed by atoms with E-state index in [9.17, 15) is 9.59 Å². The summed E-state index contributed by atoms with van der Waals surface area (Å²) >= 11 is 1.37. The molecule has 1 N–H and O–H groups in total. The number of ether oxygens (including phenoxy) is 1. The fourth-order valence-electron chi connectivity index (χ4n) is 5.58. The van der Waals surface area contributed by atoms with E-state index in [2.05, 4.69) is 5.32 Å². The highest BCUT2D eigenvalue weighted by atomic mass is 32.1. The Hall–Kier alpha value is -1.36. The van der Waals surface area contributed by atoms with E-state index in [1.165, 1.54) is 30.6 Å². The van der Waals surface area contributed by atoms with Gasteiger partial charge >= 0.3 is 5.97 Å². The Morgan fingerprint density at radius 3 is 2.32 bits per heavy atom. The maximum absolute atomic E-state index is 13.1. The van der Waals surface area contributed by atoms with Crippen LogP contribution in [0.5, 0.6) is 0 Å². The Morgan fingerprint density at radius 1 is 1.20 bits per heavy atom. The Kier molecular flexibility index (Phi) is 4.18. The van der Waals surface area contributed by atoms with Crippen LogP contribution >= 0.6 is 11.3 Å². The van der Waals surface area contributed by atoms with Gasteiger partial charge < -0.3 is 10.1 Å². The van der Waals surface area contributed by atoms with Crippen molar-refractivity contribution in [3.63, 3.8) is 0 Å². The minimum Gasteiger partial charge on any atom is -0.459 e. The Labute approximate surface area is 153 Å². The van der Waals surface area contributed by atoms with Crippen molar-refractivity contribution < 1.29 is 14.3 Å². The summed E-state index contributed by atoms with van der Waals surface area (Å²) in [7, 11) is 0. The van der Waals surface area contributed by atoms with Crippen molar-refractivity contribution in [1.82, 2.24) is 5.32 Å². The molecule has 136 valence electrons. The molecule has 4 bridgehead atoms. The first kappa shape index (κ1) is 17.1. The fraction of sp³-hybridized carbons (Fsp3) is 0.700. The molecule has 1 heterocycles. The predicted octanol–water partition coefficient (Wildman–Crippen LogP) is 4.02. The van der Waals surface area contributed by atoms with Crippen LogP contribution in [0.4, 0.5) is 0 Å². The van der Waals surface area contributed by atoms with Crippen LogP contribution in [-0.2, 0) is 9.53 Å². The molecular weight excluding hydrogens is 334 g/mol. The lowest BCUT2D eigenvalue weighted by atomic mass is 9.49. The van der Waals surface area contributed by atoms with Gasteiger partial charge in [-0.2, -0.15) is 0 Å². The van der Waals surface area contributed by atoms with Crippen LogP contribution in [0.2, 0.25) is 0 Å². The highest BCUT2D eigenvalue weighted by Crippen LogP contribution is 2.60. The largest absolute Gasteiger partial charge is 0.459 e. The SMILES string of the molecule is CC(C)(COC(=O)c1cccs1)NC(=O)C12CC3CC(CC(C3)C1)C2. The molecule has 0 atom stereocenters. The summed E-state index contributed by atoms with van der Waals surface area (Å²) in [6.45, 7) is 4.07. The van der Waals surface area contributed by atoms with E-state index >= 15 is 0 Å². The van der Waals surface area contributed by atoms with E-state index in [1.54, 1.807) is 6.07 Å². The van der Waals surface area contributed by atoms with Gasteiger partial charge in [-0.3, -0.25) is 4.79 Å². The number of thiophene rings is 1. The quantitative estimate of drug-likeness (QED) is 0.806. The van der Waals surface area contributed by atoms with Crippen molar-refractivity contribution in [1.29, 1.82) is 0 Å². The average Bonchev–Trinajstić information content (AvgIpc) is 3.05. The molecule has 25 heavy (non-hydrogen) atoms. The van der Waals surface area contributed by atoms with Crippen molar-refractivity contribution in [2.45, 2.75) is 57.9 Å². The first-order valence-corrected chi connectivity index (χ1v) is 10.3. The topological polar surface area (TPSA) is 55.4 Å². The maximum Gasteiger partial charge on any atom is 0.348 e. The Balaban J connectivity index is 1.37. The minimum absolute atomic E-state index is 0.163. The fourth-order valence-corrected chi connectivity index (χ4v) is 6.19. The van der Waals surface area contributed by atoms with Gasteiger partial charge in [0.05, 0.1) is 5.54 Å². The van der Waals surface area contributed by atoms with Crippen LogP contribution < -0.4 is 5.32 Å². The standard InChI is InChI=1S/C20H27NO3S/c1-19(2,12-24-17(22)16-4-3-5-25-16)21-18(23)20-9-13-6-14(10-20)8-15(7-13)11-20/h3-5,13-15H,6-12H2,1-2H3,(H,21,23). The van der Waals surface area contributed by atoms with E-state index in [-0.39, 0.29) is 23.9 Å². The first-order chi connectivity index (χ1) is 11.9. The monoisotopic (exact) mass is 361 g/mol. The summed E-state index contributed by atoms with van der Waals surface area (Å²) in [6, 6.07) is 3.59. The second-order valence-corrected chi connectivity index (χ2v) is 10.0. The number of hydrogen-bond acceptors (Lipinski definition) is 4. The van der Waals surface area contributed by atoms with Gasteiger partial charge in [-0.25, -0.2) is 4.79 Å². The van der Waals surface area contributed by atoms with Gasteiger partial charge in [-0.15, -0.1) is 11.3 Å². The molecule has 0 saturated heterocycles. The molecule has 0 aliphatic heterocycles. The summed E-state index contributed by atoms with van der Waals surface area (Å²) in [4.78, 5) is 25.8. The van der Waals surface area contributed by atoms with Crippen molar-refractivity contribution in [3.05, 3.63) is 22.4 Å². The van der Waals surface area contributed by atoms with Crippen molar-refractivity contribution in [2.75, 3.05) is 6.61 Å². The lowest BCUT2D eigenvalue weighted by Gasteiger charge is -2.56. The van der Waals surface area contributed by atoms with Crippen LogP contribution in [0.25, 0.3) is 0 Å². The molecule has 0 unspecified atom stereocenters. The van der Waals surface area contributed by atoms with Gasteiger partial charge in [-0.05, 0) is 81.6 Å². The van der Waals surface area contributed by atoms with Crippen LogP contribution in [0.1, 0.15) is 62.0 Å².